The molecule has 2 N–H and O–H groups in total. The van der Waals surface area contributed by atoms with Gasteiger partial charge in [0.1, 0.15) is 11.4 Å². The van der Waals surface area contributed by atoms with Crippen molar-refractivity contribution in [3.05, 3.63) is 34.1 Å². The Labute approximate surface area is 96.6 Å². The molecule has 1 unspecified atom stereocenters. The average Bonchev–Trinajstić information content (AvgIpc) is 2.18. The SMILES string of the molecule is OC1(c2ccc(F)cc2Br)CCCNC1. The second-order valence-electron chi connectivity index (χ2n) is 3.94. The third kappa shape index (κ3) is 2.22. The number of rotatable bonds is 1. The maximum atomic E-state index is 12.9. The van der Waals surface area contributed by atoms with Crippen molar-refractivity contribution in [2.45, 2.75) is 18.4 Å². The first-order chi connectivity index (χ1) is 7.12. The number of nitrogens with one attached hydrogen (secondary N) is 1. The number of hydrogen-bond donors (Lipinski definition) is 2. The van der Waals surface area contributed by atoms with Crippen LogP contribution in [0.15, 0.2) is 22.7 Å². The summed E-state index contributed by atoms with van der Waals surface area (Å²) in [6.45, 7) is 1.46. The minimum absolute atomic E-state index is 0.294. The van der Waals surface area contributed by atoms with E-state index in [1.807, 2.05) is 0 Å². The molecule has 1 aliphatic heterocycles. The zero-order valence-corrected chi connectivity index (χ0v) is 9.85. The number of piperidine rings is 1. The molecule has 0 amide bonds. The van der Waals surface area contributed by atoms with Gasteiger partial charge in [0.15, 0.2) is 0 Å². The highest BCUT2D eigenvalue weighted by molar-refractivity contribution is 9.10. The second kappa shape index (κ2) is 4.20. The van der Waals surface area contributed by atoms with Gasteiger partial charge in [0.2, 0.25) is 0 Å². The lowest BCUT2D eigenvalue weighted by Crippen LogP contribution is -2.43. The van der Waals surface area contributed by atoms with Crippen molar-refractivity contribution in [2.75, 3.05) is 13.1 Å². The lowest BCUT2D eigenvalue weighted by molar-refractivity contribution is 0.0116. The van der Waals surface area contributed by atoms with Gasteiger partial charge in [-0.15, -0.1) is 0 Å². The summed E-state index contributed by atoms with van der Waals surface area (Å²) in [4.78, 5) is 0. The van der Waals surface area contributed by atoms with E-state index in [1.54, 1.807) is 6.07 Å². The van der Waals surface area contributed by atoms with E-state index in [0.717, 1.165) is 18.5 Å². The fourth-order valence-corrected chi connectivity index (χ4v) is 2.71. The lowest BCUT2D eigenvalue weighted by Gasteiger charge is -2.33. The maximum absolute atomic E-state index is 12.9. The standard InChI is InChI=1S/C11H13BrFNO/c12-10-6-8(13)2-3-9(10)11(15)4-1-5-14-7-11/h2-3,6,14-15H,1,4-5,7H2. The molecular weight excluding hydrogens is 261 g/mol. The van der Waals surface area contributed by atoms with Gasteiger partial charge in [-0.1, -0.05) is 22.0 Å². The molecule has 0 aromatic heterocycles. The Morgan fingerprint density at radius 3 is 2.87 bits per heavy atom. The molecule has 1 aromatic carbocycles. The first kappa shape index (κ1) is 11.0. The Morgan fingerprint density at radius 2 is 2.27 bits per heavy atom. The van der Waals surface area contributed by atoms with Gasteiger partial charge in [0.25, 0.3) is 0 Å². The van der Waals surface area contributed by atoms with Crippen LogP contribution in [0.3, 0.4) is 0 Å². The molecule has 15 heavy (non-hydrogen) atoms. The molecule has 1 atom stereocenters. The molecule has 1 aromatic rings. The summed E-state index contributed by atoms with van der Waals surface area (Å²) >= 11 is 3.29. The van der Waals surface area contributed by atoms with E-state index in [0.29, 0.717) is 17.4 Å². The monoisotopic (exact) mass is 273 g/mol. The number of aliphatic hydroxyl groups is 1. The van der Waals surface area contributed by atoms with Crippen molar-refractivity contribution in [1.82, 2.24) is 5.32 Å². The predicted octanol–water partition coefficient (Wildman–Crippen LogP) is 2.16. The number of β-amino-alcohol motifs (C(OH)–C–C–N with tert-alkyl or cyclic N) is 1. The quantitative estimate of drug-likeness (QED) is 0.822. The summed E-state index contributed by atoms with van der Waals surface area (Å²) in [7, 11) is 0. The van der Waals surface area contributed by atoms with Crippen molar-refractivity contribution >= 4 is 15.9 Å². The van der Waals surface area contributed by atoms with E-state index in [4.69, 9.17) is 0 Å². The molecule has 1 heterocycles. The molecular formula is C11H13BrFNO. The molecule has 0 radical (unpaired) electrons. The Morgan fingerprint density at radius 1 is 1.47 bits per heavy atom. The molecule has 0 spiro atoms. The minimum Gasteiger partial charge on any atom is -0.384 e. The van der Waals surface area contributed by atoms with E-state index < -0.39 is 5.60 Å². The van der Waals surface area contributed by atoms with Crippen molar-refractivity contribution in [1.29, 1.82) is 0 Å². The highest BCUT2D eigenvalue weighted by Crippen LogP contribution is 2.33. The van der Waals surface area contributed by atoms with Crippen LogP contribution in [0.5, 0.6) is 0 Å². The van der Waals surface area contributed by atoms with Crippen LogP contribution >= 0.6 is 15.9 Å². The van der Waals surface area contributed by atoms with E-state index in [1.165, 1.54) is 12.1 Å². The van der Waals surface area contributed by atoms with Crippen molar-refractivity contribution in [2.24, 2.45) is 0 Å². The van der Waals surface area contributed by atoms with Crippen LogP contribution in [0.25, 0.3) is 0 Å². The van der Waals surface area contributed by atoms with Crippen LogP contribution in [-0.2, 0) is 5.60 Å². The lowest BCUT2D eigenvalue weighted by atomic mass is 9.87. The summed E-state index contributed by atoms with van der Waals surface area (Å²) in [5.74, 6) is -0.294. The zero-order chi connectivity index (χ0) is 10.9. The molecule has 82 valence electrons. The Hall–Kier alpha value is -0.450. The highest BCUT2D eigenvalue weighted by atomic mass is 79.9. The Kier molecular flexibility index (Phi) is 3.09. The maximum Gasteiger partial charge on any atom is 0.124 e. The highest BCUT2D eigenvalue weighted by Gasteiger charge is 2.32. The molecule has 2 rings (SSSR count). The summed E-state index contributed by atoms with van der Waals surface area (Å²) in [6, 6.07) is 4.42. The van der Waals surface area contributed by atoms with Gasteiger partial charge < -0.3 is 10.4 Å². The van der Waals surface area contributed by atoms with E-state index in [2.05, 4.69) is 21.2 Å². The van der Waals surface area contributed by atoms with Gasteiger partial charge in [0.05, 0.1) is 0 Å². The molecule has 1 aliphatic rings. The topological polar surface area (TPSA) is 32.3 Å². The fourth-order valence-electron chi connectivity index (χ4n) is 1.99. The number of halogens is 2. The molecule has 0 saturated carbocycles. The van der Waals surface area contributed by atoms with Gasteiger partial charge in [-0.3, -0.25) is 0 Å². The van der Waals surface area contributed by atoms with Crippen molar-refractivity contribution in [3.8, 4) is 0 Å². The van der Waals surface area contributed by atoms with E-state index >= 15 is 0 Å². The first-order valence-corrected chi connectivity index (χ1v) is 5.80. The third-order valence-corrected chi connectivity index (χ3v) is 3.45. The minimum atomic E-state index is -0.870. The molecule has 1 saturated heterocycles. The van der Waals surface area contributed by atoms with Gasteiger partial charge >= 0.3 is 0 Å². The smallest absolute Gasteiger partial charge is 0.124 e. The van der Waals surface area contributed by atoms with Gasteiger partial charge in [-0.2, -0.15) is 0 Å². The van der Waals surface area contributed by atoms with Crippen LogP contribution in [0.1, 0.15) is 18.4 Å². The largest absolute Gasteiger partial charge is 0.384 e. The van der Waals surface area contributed by atoms with E-state index in [9.17, 15) is 9.50 Å². The molecule has 0 bridgehead atoms. The molecule has 4 heteroatoms. The Balaban J connectivity index is 2.35. The summed E-state index contributed by atoms with van der Waals surface area (Å²) in [6.07, 6.45) is 1.64. The van der Waals surface area contributed by atoms with Crippen LogP contribution in [0, 0.1) is 5.82 Å². The Bertz CT molecular complexity index is 364. The summed E-state index contributed by atoms with van der Waals surface area (Å²) < 4.78 is 13.5. The summed E-state index contributed by atoms with van der Waals surface area (Å²) in [5, 5.41) is 13.6. The second-order valence-corrected chi connectivity index (χ2v) is 4.79. The average molecular weight is 274 g/mol. The zero-order valence-electron chi connectivity index (χ0n) is 8.26. The molecule has 2 nitrogen and oxygen atoms in total. The van der Waals surface area contributed by atoms with Gasteiger partial charge in [-0.05, 0) is 37.1 Å². The molecule has 0 aliphatic carbocycles. The van der Waals surface area contributed by atoms with Gasteiger partial charge in [-0.25, -0.2) is 4.39 Å². The van der Waals surface area contributed by atoms with Crippen LogP contribution in [0.4, 0.5) is 4.39 Å². The predicted molar refractivity (Wildman–Crippen MR) is 60.1 cm³/mol. The summed E-state index contributed by atoms with van der Waals surface area (Å²) in [5.41, 5.74) is -0.110. The fraction of sp³-hybridized carbons (Fsp3) is 0.455. The van der Waals surface area contributed by atoms with Crippen molar-refractivity contribution < 1.29 is 9.50 Å². The van der Waals surface area contributed by atoms with Crippen LogP contribution in [0.2, 0.25) is 0 Å². The normalized spacial score (nSPS) is 26.6. The van der Waals surface area contributed by atoms with Gasteiger partial charge in [0, 0.05) is 11.0 Å². The third-order valence-electron chi connectivity index (χ3n) is 2.79. The van der Waals surface area contributed by atoms with E-state index in [-0.39, 0.29) is 5.82 Å². The van der Waals surface area contributed by atoms with Crippen LogP contribution in [-0.4, -0.2) is 18.2 Å². The first-order valence-electron chi connectivity index (χ1n) is 5.00. The van der Waals surface area contributed by atoms with Crippen molar-refractivity contribution in [3.63, 3.8) is 0 Å². The van der Waals surface area contributed by atoms with Crippen LogP contribution < -0.4 is 5.32 Å². The number of hydrogen-bond acceptors (Lipinski definition) is 2. The number of benzene rings is 1. The molecule has 1 fully saturated rings.